The van der Waals surface area contributed by atoms with Crippen molar-refractivity contribution in [2.45, 2.75) is 89.0 Å². The third kappa shape index (κ3) is 15.9. The number of pyridine rings is 1. The second kappa shape index (κ2) is 29.4. The summed E-state index contributed by atoms with van der Waals surface area (Å²) >= 11 is 6.27. The van der Waals surface area contributed by atoms with Crippen LogP contribution in [0.15, 0.2) is 114 Å². The molecule has 6 aromatic rings. The predicted octanol–water partition coefficient (Wildman–Crippen LogP) is 9.91. The van der Waals surface area contributed by atoms with Crippen molar-refractivity contribution < 1.29 is 56.3 Å². The minimum absolute atomic E-state index is 0.0602. The van der Waals surface area contributed by atoms with Gasteiger partial charge in [0.25, 0.3) is 33.4 Å². The van der Waals surface area contributed by atoms with E-state index in [0.717, 1.165) is 99.0 Å². The molecule has 3 aliphatic heterocycles. The summed E-state index contributed by atoms with van der Waals surface area (Å²) in [7, 11) is -4.63. The number of hydrogen-bond acceptors (Lipinski definition) is 18. The molecule has 4 aromatic carbocycles. The highest BCUT2D eigenvalue weighted by Gasteiger charge is 2.45. The van der Waals surface area contributed by atoms with Crippen LogP contribution in [0.3, 0.4) is 0 Å². The lowest BCUT2D eigenvalue weighted by atomic mass is 9.72. The molecule has 0 radical (unpaired) electrons. The summed E-state index contributed by atoms with van der Waals surface area (Å²) in [4.78, 5) is 91.9. The zero-order valence-electron chi connectivity index (χ0n) is 51.9. The SMILES string of the molecule is CC1(C)CCC(CN2CCN(c3ccc(C(=O)NS(=O)(=O)c4ccc(NCC5CCN(CCOCCOCCOCCCc6cccc7c6C(=O)N(C6CCC(=O)CC6=O)C7=O)CC5)c([N+](=O)[O-])c4)c(Oc4cnc5[nH]ccc5c4)c3)CC2)=C(c2ccc(Cl)cc2)C1. The molecular formula is C68H78ClN9O13S. The maximum absolute atomic E-state index is 14.2. The molecule has 3 N–H and O–H groups in total. The number of ketones is 2. The number of carbonyl (C=O) groups is 5. The number of H-pyrrole nitrogens is 1. The molecule has 92 heavy (non-hydrogen) atoms. The van der Waals surface area contributed by atoms with Crippen molar-refractivity contribution in [3.8, 4) is 11.5 Å². The van der Waals surface area contributed by atoms with Crippen LogP contribution in [-0.2, 0) is 40.2 Å². The molecular weight excluding hydrogens is 1220 g/mol. The zero-order chi connectivity index (χ0) is 64.5. The number of fused-ring (bicyclic) bond motifs is 2. The van der Waals surface area contributed by atoms with Crippen LogP contribution in [0, 0.1) is 21.4 Å². The van der Waals surface area contributed by atoms with E-state index in [9.17, 15) is 42.5 Å². The Hall–Kier alpha value is -7.90. The average Bonchev–Trinajstić information content (AvgIpc) is 1.58. The molecule has 22 nitrogen and oxygen atoms in total. The van der Waals surface area contributed by atoms with Gasteiger partial charge in [-0.15, -0.1) is 0 Å². The lowest BCUT2D eigenvalue weighted by molar-refractivity contribution is -0.384. The molecule has 486 valence electrons. The summed E-state index contributed by atoms with van der Waals surface area (Å²) in [6.07, 6.45) is 9.28. The van der Waals surface area contributed by atoms with Crippen molar-refractivity contribution in [3.05, 3.63) is 152 Å². The van der Waals surface area contributed by atoms with Gasteiger partial charge in [-0.2, -0.15) is 0 Å². The van der Waals surface area contributed by atoms with E-state index in [1.807, 2.05) is 24.3 Å². The van der Waals surface area contributed by atoms with Crippen LogP contribution in [0.2, 0.25) is 5.02 Å². The number of ether oxygens (including phenoxy) is 4. The fourth-order valence-corrected chi connectivity index (χ4v) is 14.1. The molecule has 0 bridgehead atoms. The fourth-order valence-electron chi connectivity index (χ4n) is 13.0. The van der Waals surface area contributed by atoms with Gasteiger partial charge in [0.2, 0.25) is 0 Å². The van der Waals surface area contributed by atoms with Gasteiger partial charge in [0.15, 0.2) is 5.78 Å². The molecule has 1 unspecified atom stereocenters. The smallest absolute Gasteiger partial charge is 0.293 e. The Morgan fingerprint density at radius 3 is 2.33 bits per heavy atom. The second-order valence-corrected chi connectivity index (χ2v) is 27.2. The predicted molar refractivity (Wildman–Crippen MR) is 348 cm³/mol. The molecule has 0 spiro atoms. The molecule has 3 fully saturated rings. The largest absolute Gasteiger partial charge is 0.455 e. The number of nitrogens with one attached hydrogen (secondary N) is 3. The number of rotatable bonds is 27. The fraction of sp³-hybridized carbons (Fsp3) is 0.441. The van der Waals surface area contributed by atoms with Crippen LogP contribution in [0.5, 0.6) is 11.5 Å². The lowest BCUT2D eigenvalue weighted by Gasteiger charge is -2.39. The molecule has 3 amide bonds. The van der Waals surface area contributed by atoms with E-state index in [1.165, 1.54) is 41.1 Å². The van der Waals surface area contributed by atoms with Gasteiger partial charge in [-0.05, 0) is 147 Å². The van der Waals surface area contributed by atoms with Crippen molar-refractivity contribution in [1.82, 2.24) is 29.4 Å². The van der Waals surface area contributed by atoms with Gasteiger partial charge >= 0.3 is 0 Å². The summed E-state index contributed by atoms with van der Waals surface area (Å²) in [5.74, 6) is -1.87. The monoisotopic (exact) mass is 1300 g/mol. The van der Waals surface area contributed by atoms with Gasteiger partial charge in [0, 0.05) is 93.3 Å². The maximum atomic E-state index is 14.2. The Morgan fingerprint density at radius 2 is 1.58 bits per heavy atom. The number of hydrogen-bond donors (Lipinski definition) is 3. The van der Waals surface area contributed by atoms with Crippen LogP contribution in [0.1, 0.15) is 114 Å². The van der Waals surface area contributed by atoms with Crippen LogP contribution in [0.25, 0.3) is 16.6 Å². The van der Waals surface area contributed by atoms with Crippen LogP contribution < -0.4 is 19.7 Å². The van der Waals surface area contributed by atoms with E-state index in [4.69, 9.17) is 30.5 Å². The van der Waals surface area contributed by atoms with Crippen molar-refractivity contribution in [3.63, 3.8) is 0 Å². The normalized spacial score (nSPS) is 18.4. The van der Waals surface area contributed by atoms with E-state index in [-0.39, 0.29) is 58.9 Å². The molecule has 5 heterocycles. The van der Waals surface area contributed by atoms with E-state index in [1.54, 1.807) is 36.5 Å². The number of aromatic nitrogens is 2. The Kier molecular flexibility index (Phi) is 20.9. The number of carbonyl (C=O) groups excluding carboxylic acids is 5. The van der Waals surface area contributed by atoms with Gasteiger partial charge < -0.3 is 39.0 Å². The highest BCUT2D eigenvalue weighted by Crippen LogP contribution is 2.44. The molecule has 11 rings (SSSR count). The van der Waals surface area contributed by atoms with Crippen molar-refractivity contribution in [1.29, 1.82) is 0 Å². The van der Waals surface area contributed by atoms with E-state index in [0.29, 0.717) is 94.1 Å². The number of nitro groups is 1. The third-order valence-electron chi connectivity index (χ3n) is 18.1. The molecule has 5 aliphatic rings. The highest BCUT2D eigenvalue weighted by atomic mass is 35.5. The van der Waals surface area contributed by atoms with E-state index in [2.05, 4.69) is 60.7 Å². The number of piperazine rings is 1. The average molecular weight is 1300 g/mol. The number of halogens is 1. The van der Waals surface area contributed by atoms with Gasteiger partial charge in [0.1, 0.15) is 28.6 Å². The topological polar surface area (TPSA) is 265 Å². The number of benzene rings is 4. The lowest BCUT2D eigenvalue weighted by Crippen LogP contribution is -2.47. The summed E-state index contributed by atoms with van der Waals surface area (Å²) in [5, 5.41) is 17.1. The Morgan fingerprint density at radius 1 is 0.826 bits per heavy atom. The number of aryl methyl sites for hydroxylation is 1. The van der Waals surface area contributed by atoms with Crippen LogP contribution >= 0.6 is 11.6 Å². The number of allylic oxidation sites excluding steroid dienone is 1. The molecule has 1 atom stereocenters. The van der Waals surface area contributed by atoms with Crippen molar-refractivity contribution in [2.75, 3.05) is 109 Å². The van der Waals surface area contributed by atoms with Crippen molar-refractivity contribution >= 4 is 84.6 Å². The standard InChI is InChI=1S/C68H78ClN9O13S/c1-68(2)22-18-49(57(41-68)46-8-10-50(69)11-9-46)44-75-26-28-76(29-27-75)51-12-15-55(62(38-51)91-53-37-48-19-23-70-64(48)72-43-53)65(81)73-92(86,87)54-14-16-58(60(40-54)78(84)85)71-42-45-20-24-74(25-21-45)30-32-89-34-36-90-35-33-88-31-4-6-47-5-3-7-56-63(47)67(83)77(66(56)82)59-17-13-52(79)39-61(59)80/h3,5,7-12,14-16,19,23,37-38,40,43,45,59,71H,4,6,13,17-18,20-22,24-36,39,41-42,44H2,1-2H3,(H,70,72)(H,73,81). The number of amides is 3. The summed E-state index contributed by atoms with van der Waals surface area (Å²) < 4.78 is 53.7. The van der Waals surface area contributed by atoms with Crippen LogP contribution in [0.4, 0.5) is 17.1 Å². The molecule has 2 saturated heterocycles. The van der Waals surface area contributed by atoms with Gasteiger partial charge in [-0.1, -0.05) is 55.3 Å². The van der Waals surface area contributed by atoms with Gasteiger partial charge in [-0.25, -0.2) is 18.1 Å². The molecule has 2 aromatic heterocycles. The van der Waals surface area contributed by atoms with Gasteiger partial charge in [-0.3, -0.25) is 43.9 Å². The number of imide groups is 1. The number of piperidine rings is 1. The number of aromatic amines is 1. The first kappa shape index (κ1) is 65.6. The Balaban J connectivity index is 0.608. The number of sulfonamides is 1. The number of likely N-dealkylation sites (tertiary alicyclic amines) is 1. The summed E-state index contributed by atoms with van der Waals surface area (Å²) in [6.45, 7) is 13.8. The minimum Gasteiger partial charge on any atom is -0.455 e. The maximum Gasteiger partial charge on any atom is 0.293 e. The second-order valence-electron chi connectivity index (χ2n) is 25.1. The number of Topliss-reactive ketones (excluding diaryl/α,β-unsaturated/α-hetero) is 2. The number of nitro benzene ring substituents is 1. The number of anilines is 2. The Labute approximate surface area is 540 Å². The first-order valence-corrected chi connectivity index (χ1v) is 33.5. The molecule has 24 heteroatoms. The highest BCUT2D eigenvalue weighted by molar-refractivity contribution is 7.90. The zero-order valence-corrected chi connectivity index (χ0v) is 53.5. The first-order chi connectivity index (χ1) is 44.4. The first-order valence-electron chi connectivity index (χ1n) is 31.6. The van der Waals surface area contributed by atoms with E-state index >= 15 is 0 Å². The third-order valence-corrected chi connectivity index (χ3v) is 19.7. The van der Waals surface area contributed by atoms with Crippen molar-refractivity contribution in [2.24, 2.45) is 11.3 Å². The van der Waals surface area contributed by atoms with E-state index < -0.39 is 55.1 Å². The van der Waals surface area contributed by atoms with Crippen LogP contribution in [-0.4, -0.2) is 172 Å². The molecule has 1 saturated carbocycles. The Bertz CT molecular complexity index is 3880. The summed E-state index contributed by atoms with van der Waals surface area (Å²) in [6, 6.07) is 24.6. The number of nitrogens with zero attached hydrogens (tertiary/aromatic N) is 6. The molecule has 2 aliphatic carbocycles. The van der Waals surface area contributed by atoms with Gasteiger partial charge in [0.05, 0.1) is 78.2 Å². The minimum atomic E-state index is -4.63. The summed E-state index contributed by atoms with van der Waals surface area (Å²) in [5.41, 5.74) is 6.69. The quantitative estimate of drug-likeness (QED) is 0.0142.